The van der Waals surface area contributed by atoms with Gasteiger partial charge in [-0.15, -0.1) is 0 Å². The summed E-state index contributed by atoms with van der Waals surface area (Å²) in [6.45, 7) is 2.06. The molecule has 1 N–H and O–H groups in total. The van der Waals surface area contributed by atoms with Crippen LogP contribution in [0.4, 0.5) is 5.69 Å². The molecular weight excluding hydrogens is 513 g/mol. The van der Waals surface area contributed by atoms with Crippen LogP contribution < -0.4 is 10.3 Å². The predicted molar refractivity (Wildman–Crippen MR) is 152 cm³/mol. The van der Waals surface area contributed by atoms with Gasteiger partial charge in [0.1, 0.15) is 5.71 Å². The fourth-order valence-electron chi connectivity index (χ4n) is 5.41. The van der Waals surface area contributed by atoms with Crippen molar-refractivity contribution in [2.24, 2.45) is 11.0 Å². The van der Waals surface area contributed by atoms with E-state index < -0.39 is 0 Å². The van der Waals surface area contributed by atoms with Crippen LogP contribution in [0.5, 0.6) is 0 Å². The zero-order chi connectivity index (χ0) is 25.5. The fraction of sp³-hybridized carbons (Fsp3) is 0.517. The quantitative estimate of drug-likeness (QED) is 0.414. The van der Waals surface area contributed by atoms with Crippen LogP contribution in [0.3, 0.4) is 0 Å². The van der Waals surface area contributed by atoms with Crippen molar-refractivity contribution in [3.63, 3.8) is 0 Å². The second-order valence-corrected chi connectivity index (χ2v) is 11.4. The van der Waals surface area contributed by atoms with Gasteiger partial charge in [-0.2, -0.15) is 5.10 Å². The first-order chi connectivity index (χ1) is 17.4. The first-order valence-corrected chi connectivity index (χ1v) is 14.5. The number of nitrogens with one attached hydrogen (secondary N) is 1. The average molecular weight is 549 g/mol. The zero-order valence-electron chi connectivity index (χ0n) is 21.0. The molecule has 0 saturated heterocycles. The number of halogens is 3. The molecule has 7 heteroatoms. The SMILES string of the molecule is C[C@@H]1C(C(=O)NC2CCCCCCCCCCC2)=NN(c2ccc(Cl)cc2Cl)[C@@H]1c1ccc(Cl)cc1. The maximum absolute atomic E-state index is 13.6. The molecular formula is C29H36Cl3N3O. The van der Waals surface area contributed by atoms with Crippen LogP contribution in [0.2, 0.25) is 15.1 Å². The summed E-state index contributed by atoms with van der Waals surface area (Å²) in [4.78, 5) is 13.6. The summed E-state index contributed by atoms with van der Waals surface area (Å²) in [7, 11) is 0. The number of hydrazone groups is 1. The lowest BCUT2D eigenvalue weighted by molar-refractivity contribution is -0.115. The van der Waals surface area contributed by atoms with Gasteiger partial charge >= 0.3 is 0 Å². The molecule has 0 radical (unpaired) electrons. The normalized spacial score (nSPS) is 22.4. The van der Waals surface area contributed by atoms with Crippen molar-refractivity contribution in [1.82, 2.24) is 5.32 Å². The molecule has 0 aromatic heterocycles. The summed E-state index contributed by atoms with van der Waals surface area (Å²) in [5, 5.41) is 11.8. The molecule has 194 valence electrons. The molecule has 4 rings (SSSR count). The third-order valence-electron chi connectivity index (χ3n) is 7.42. The van der Waals surface area contributed by atoms with Crippen molar-refractivity contribution < 1.29 is 4.79 Å². The van der Waals surface area contributed by atoms with E-state index in [1.165, 1.54) is 44.9 Å². The molecule has 2 aliphatic rings. The highest BCUT2D eigenvalue weighted by molar-refractivity contribution is 6.41. The lowest BCUT2D eigenvalue weighted by Crippen LogP contribution is -2.41. The maximum Gasteiger partial charge on any atom is 0.268 e. The van der Waals surface area contributed by atoms with E-state index in [2.05, 4.69) is 12.2 Å². The Kier molecular flexibility index (Phi) is 9.98. The lowest BCUT2D eigenvalue weighted by atomic mass is 9.90. The third kappa shape index (κ3) is 6.96. The fourth-order valence-corrected chi connectivity index (χ4v) is 6.03. The molecule has 1 heterocycles. The van der Waals surface area contributed by atoms with Crippen molar-refractivity contribution in [3.05, 3.63) is 63.1 Å². The molecule has 0 spiro atoms. The third-order valence-corrected chi connectivity index (χ3v) is 8.21. The molecule has 2 aromatic rings. The van der Waals surface area contributed by atoms with Crippen molar-refractivity contribution in [3.8, 4) is 0 Å². The zero-order valence-corrected chi connectivity index (χ0v) is 23.3. The van der Waals surface area contributed by atoms with Crippen LogP contribution in [0.1, 0.15) is 89.2 Å². The van der Waals surface area contributed by atoms with Crippen molar-refractivity contribution in [1.29, 1.82) is 0 Å². The van der Waals surface area contributed by atoms with Crippen molar-refractivity contribution in [2.75, 3.05) is 5.01 Å². The summed E-state index contributed by atoms with van der Waals surface area (Å²) < 4.78 is 0. The Morgan fingerprint density at radius 1 is 0.833 bits per heavy atom. The highest BCUT2D eigenvalue weighted by Crippen LogP contribution is 2.42. The number of rotatable bonds is 4. The van der Waals surface area contributed by atoms with Crippen LogP contribution >= 0.6 is 34.8 Å². The Bertz CT molecular complexity index is 1040. The minimum absolute atomic E-state index is 0.0776. The number of amides is 1. The van der Waals surface area contributed by atoms with Crippen LogP contribution in [0, 0.1) is 5.92 Å². The van der Waals surface area contributed by atoms with E-state index in [1.807, 2.05) is 35.3 Å². The highest BCUT2D eigenvalue weighted by Gasteiger charge is 2.40. The van der Waals surface area contributed by atoms with Gasteiger partial charge in [0.05, 0.1) is 16.8 Å². The lowest BCUT2D eigenvalue weighted by Gasteiger charge is -2.27. The average Bonchev–Trinajstić information content (AvgIpc) is 3.18. The molecule has 36 heavy (non-hydrogen) atoms. The summed E-state index contributed by atoms with van der Waals surface area (Å²) in [6, 6.07) is 13.1. The number of benzene rings is 2. The summed E-state index contributed by atoms with van der Waals surface area (Å²) >= 11 is 18.9. The number of carbonyl (C=O) groups is 1. The van der Waals surface area contributed by atoms with E-state index in [0.717, 1.165) is 36.9 Å². The molecule has 4 nitrogen and oxygen atoms in total. The Labute approximate surface area is 230 Å². The van der Waals surface area contributed by atoms with E-state index in [-0.39, 0.29) is 23.9 Å². The number of carbonyl (C=O) groups excluding carboxylic acids is 1. The number of anilines is 1. The van der Waals surface area contributed by atoms with Gasteiger partial charge in [0.2, 0.25) is 0 Å². The smallest absolute Gasteiger partial charge is 0.268 e. The van der Waals surface area contributed by atoms with Gasteiger partial charge in [-0.25, -0.2) is 0 Å². The van der Waals surface area contributed by atoms with Crippen LogP contribution in [-0.4, -0.2) is 17.7 Å². The Hall–Kier alpha value is -1.75. The molecule has 1 saturated carbocycles. The van der Waals surface area contributed by atoms with Gasteiger partial charge in [0.15, 0.2) is 0 Å². The predicted octanol–water partition coefficient (Wildman–Crippen LogP) is 8.99. The molecule has 0 unspecified atom stereocenters. The number of hydrogen-bond donors (Lipinski definition) is 1. The minimum Gasteiger partial charge on any atom is -0.348 e. The maximum atomic E-state index is 13.6. The van der Waals surface area contributed by atoms with Crippen molar-refractivity contribution in [2.45, 2.75) is 89.6 Å². The second kappa shape index (κ2) is 13.2. The molecule has 1 amide bonds. The van der Waals surface area contributed by atoms with Gasteiger partial charge in [0, 0.05) is 22.0 Å². The second-order valence-electron chi connectivity index (χ2n) is 10.1. The van der Waals surface area contributed by atoms with Gasteiger partial charge in [-0.1, -0.05) is 112 Å². The highest BCUT2D eigenvalue weighted by atomic mass is 35.5. The Morgan fingerprint density at radius 2 is 1.39 bits per heavy atom. The molecule has 1 aliphatic heterocycles. The standard InChI is InChI=1S/C29H36Cl3N3O/c1-20-27(29(36)33-24-11-9-7-5-3-2-4-6-8-10-12-24)34-35(26-18-17-23(31)19-25(26)32)28(20)21-13-15-22(30)16-14-21/h13-20,24,28H,2-12H2,1H3,(H,33,36)/t20-,28+/m1/s1. The van der Waals surface area contributed by atoms with E-state index in [9.17, 15) is 4.79 Å². The first-order valence-electron chi connectivity index (χ1n) is 13.3. The number of hydrogen-bond acceptors (Lipinski definition) is 3. The summed E-state index contributed by atoms with van der Waals surface area (Å²) in [5.41, 5.74) is 2.28. The van der Waals surface area contributed by atoms with Crippen LogP contribution in [0.25, 0.3) is 0 Å². The first kappa shape index (κ1) is 27.3. The van der Waals surface area contributed by atoms with E-state index >= 15 is 0 Å². The molecule has 2 aromatic carbocycles. The van der Waals surface area contributed by atoms with Gasteiger partial charge in [-0.05, 0) is 48.7 Å². The van der Waals surface area contributed by atoms with Crippen molar-refractivity contribution >= 4 is 52.1 Å². The van der Waals surface area contributed by atoms with E-state index in [0.29, 0.717) is 20.8 Å². The monoisotopic (exact) mass is 547 g/mol. The van der Waals surface area contributed by atoms with Gasteiger partial charge < -0.3 is 5.32 Å². The largest absolute Gasteiger partial charge is 0.348 e. The van der Waals surface area contributed by atoms with E-state index in [1.54, 1.807) is 12.1 Å². The van der Waals surface area contributed by atoms with E-state index in [4.69, 9.17) is 39.9 Å². The molecule has 1 fully saturated rings. The minimum atomic E-state index is -0.182. The van der Waals surface area contributed by atoms with Gasteiger partial charge in [-0.3, -0.25) is 9.80 Å². The Morgan fingerprint density at radius 3 is 1.97 bits per heavy atom. The van der Waals surface area contributed by atoms with Gasteiger partial charge in [0.25, 0.3) is 5.91 Å². The van der Waals surface area contributed by atoms with Crippen LogP contribution in [0.15, 0.2) is 47.6 Å². The van der Waals surface area contributed by atoms with Crippen LogP contribution in [-0.2, 0) is 4.79 Å². The summed E-state index contributed by atoms with van der Waals surface area (Å²) in [5.74, 6) is -0.213. The molecule has 0 bridgehead atoms. The summed E-state index contributed by atoms with van der Waals surface area (Å²) in [6.07, 6.45) is 13.5. The molecule has 2 atom stereocenters. The Balaban J connectivity index is 1.56. The number of nitrogens with zero attached hydrogens (tertiary/aromatic N) is 2. The topological polar surface area (TPSA) is 44.7 Å². The molecule has 1 aliphatic carbocycles.